The number of rotatable bonds is 2. The van der Waals surface area contributed by atoms with Crippen LogP contribution in [-0.2, 0) is 11.2 Å². The number of para-hydroxylation sites is 1. The SMILES string of the molecule is Cc1cccc2cc(CC(N)=O)c(Cl)nc12. The molecule has 0 spiro atoms. The fraction of sp³-hybridized carbons (Fsp3) is 0.167. The lowest BCUT2D eigenvalue weighted by Crippen LogP contribution is -2.14. The van der Waals surface area contributed by atoms with Crippen molar-refractivity contribution in [2.45, 2.75) is 13.3 Å². The molecular weight excluding hydrogens is 224 g/mol. The van der Waals surface area contributed by atoms with Gasteiger partial charge in [-0.2, -0.15) is 0 Å². The fourth-order valence-corrected chi connectivity index (χ4v) is 1.89. The zero-order chi connectivity index (χ0) is 11.7. The lowest BCUT2D eigenvalue weighted by molar-refractivity contribution is -0.117. The molecule has 0 atom stereocenters. The number of pyridine rings is 1. The number of amides is 1. The summed E-state index contributed by atoms with van der Waals surface area (Å²) in [6, 6.07) is 7.72. The Bertz CT molecular complexity index is 566. The highest BCUT2D eigenvalue weighted by Crippen LogP contribution is 2.23. The van der Waals surface area contributed by atoms with Gasteiger partial charge in [-0.3, -0.25) is 4.79 Å². The first-order valence-corrected chi connectivity index (χ1v) is 5.29. The summed E-state index contributed by atoms with van der Waals surface area (Å²) < 4.78 is 0. The number of benzene rings is 1. The van der Waals surface area contributed by atoms with Gasteiger partial charge in [0.15, 0.2) is 0 Å². The zero-order valence-corrected chi connectivity index (χ0v) is 9.58. The maximum Gasteiger partial charge on any atom is 0.221 e. The minimum Gasteiger partial charge on any atom is -0.369 e. The molecule has 1 heterocycles. The number of nitrogens with two attached hydrogens (primary N) is 1. The van der Waals surface area contributed by atoms with E-state index in [4.69, 9.17) is 17.3 Å². The molecule has 2 aromatic rings. The second kappa shape index (κ2) is 4.10. The maximum atomic E-state index is 10.9. The molecule has 0 bridgehead atoms. The minimum absolute atomic E-state index is 0.121. The van der Waals surface area contributed by atoms with Crippen molar-refractivity contribution in [3.05, 3.63) is 40.5 Å². The van der Waals surface area contributed by atoms with Crippen LogP contribution in [0.25, 0.3) is 10.9 Å². The smallest absolute Gasteiger partial charge is 0.221 e. The standard InChI is InChI=1S/C12H11ClN2O/c1-7-3-2-4-8-5-9(6-10(14)16)12(13)15-11(7)8/h2-5H,6H2,1H3,(H2,14,16). The molecule has 16 heavy (non-hydrogen) atoms. The molecule has 2 N–H and O–H groups in total. The summed E-state index contributed by atoms with van der Waals surface area (Å²) in [5.41, 5.74) is 7.74. The Morgan fingerprint density at radius 2 is 2.25 bits per heavy atom. The Morgan fingerprint density at radius 3 is 2.94 bits per heavy atom. The second-order valence-corrected chi connectivity index (χ2v) is 4.09. The van der Waals surface area contributed by atoms with Crippen molar-refractivity contribution < 1.29 is 4.79 Å². The first-order valence-electron chi connectivity index (χ1n) is 4.91. The van der Waals surface area contributed by atoms with E-state index in [2.05, 4.69) is 4.98 Å². The van der Waals surface area contributed by atoms with Gasteiger partial charge in [0, 0.05) is 5.39 Å². The average molecular weight is 235 g/mol. The van der Waals surface area contributed by atoms with Crippen molar-refractivity contribution in [2.75, 3.05) is 0 Å². The Morgan fingerprint density at radius 1 is 1.50 bits per heavy atom. The van der Waals surface area contributed by atoms with Crippen LogP contribution in [0.2, 0.25) is 5.15 Å². The Labute approximate surface area is 98.2 Å². The predicted octanol–water partition coefficient (Wildman–Crippen LogP) is 2.22. The molecule has 0 fully saturated rings. The fourth-order valence-electron chi connectivity index (χ4n) is 1.68. The molecule has 1 amide bonds. The molecule has 3 nitrogen and oxygen atoms in total. The second-order valence-electron chi connectivity index (χ2n) is 3.73. The molecule has 0 unspecified atom stereocenters. The topological polar surface area (TPSA) is 56.0 Å². The van der Waals surface area contributed by atoms with Gasteiger partial charge in [-0.15, -0.1) is 0 Å². The third-order valence-electron chi connectivity index (χ3n) is 2.44. The van der Waals surface area contributed by atoms with Crippen LogP contribution in [0.1, 0.15) is 11.1 Å². The summed E-state index contributed by atoms with van der Waals surface area (Å²) in [6.07, 6.45) is 0.121. The quantitative estimate of drug-likeness (QED) is 0.810. The number of hydrogen-bond acceptors (Lipinski definition) is 2. The predicted molar refractivity (Wildman–Crippen MR) is 64.4 cm³/mol. The Kier molecular flexibility index (Phi) is 2.79. The van der Waals surface area contributed by atoms with Gasteiger partial charge in [0.2, 0.25) is 5.91 Å². The molecule has 0 radical (unpaired) electrons. The third kappa shape index (κ3) is 1.99. The highest BCUT2D eigenvalue weighted by atomic mass is 35.5. The number of aryl methyl sites for hydroxylation is 1. The normalized spacial score (nSPS) is 10.6. The molecule has 0 aliphatic rings. The van der Waals surface area contributed by atoms with Crippen LogP contribution >= 0.6 is 11.6 Å². The van der Waals surface area contributed by atoms with Crippen molar-refractivity contribution in [3.63, 3.8) is 0 Å². The van der Waals surface area contributed by atoms with E-state index in [9.17, 15) is 4.79 Å². The van der Waals surface area contributed by atoms with Gasteiger partial charge in [-0.05, 0) is 24.1 Å². The first-order chi connectivity index (χ1) is 7.58. The van der Waals surface area contributed by atoms with E-state index in [1.54, 1.807) is 0 Å². The lowest BCUT2D eigenvalue weighted by atomic mass is 10.1. The highest BCUT2D eigenvalue weighted by Gasteiger charge is 2.08. The number of fused-ring (bicyclic) bond motifs is 1. The van der Waals surface area contributed by atoms with Crippen LogP contribution in [0, 0.1) is 6.92 Å². The minimum atomic E-state index is -0.407. The number of aromatic nitrogens is 1. The first kappa shape index (κ1) is 10.9. The molecule has 4 heteroatoms. The van der Waals surface area contributed by atoms with Gasteiger partial charge >= 0.3 is 0 Å². The monoisotopic (exact) mass is 234 g/mol. The van der Waals surface area contributed by atoms with E-state index in [-0.39, 0.29) is 6.42 Å². The number of carbonyl (C=O) groups excluding carboxylic acids is 1. The molecule has 0 aliphatic carbocycles. The number of hydrogen-bond donors (Lipinski definition) is 1. The summed E-state index contributed by atoms with van der Waals surface area (Å²) in [4.78, 5) is 15.1. The van der Waals surface area contributed by atoms with Gasteiger partial charge in [0.05, 0.1) is 11.9 Å². The summed E-state index contributed by atoms with van der Waals surface area (Å²) in [5.74, 6) is -0.407. The van der Waals surface area contributed by atoms with Crippen LogP contribution in [0.5, 0.6) is 0 Å². The van der Waals surface area contributed by atoms with Gasteiger partial charge in [-0.25, -0.2) is 4.98 Å². The van der Waals surface area contributed by atoms with E-state index in [1.807, 2.05) is 31.2 Å². The van der Waals surface area contributed by atoms with Crippen LogP contribution in [0.3, 0.4) is 0 Å². The number of halogens is 1. The lowest BCUT2D eigenvalue weighted by Gasteiger charge is -2.06. The van der Waals surface area contributed by atoms with Crippen molar-refractivity contribution in [1.29, 1.82) is 0 Å². The van der Waals surface area contributed by atoms with E-state index < -0.39 is 5.91 Å². The van der Waals surface area contributed by atoms with Gasteiger partial charge in [0.25, 0.3) is 0 Å². The summed E-state index contributed by atoms with van der Waals surface area (Å²) >= 11 is 6.00. The Balaban J connectivity index is 2.63. The van der Waals surface area contributed by atoms with Crippen LogP contribution in [0.4, 0.5) is 0 Å². The number of nitrogens with zero attached hydrogens (tertiary/aromatic N) is 1. The highest BCUT2D eigenvalue weighted by molar-refractivity contribution is 6.30. The van der Waals surface area contributed by atoms with Crippen molar-refractivity contribution >= 4 is 28.4 Å². The van der Waals surface area contributed by atoms with Crippen LogP contribution < -0.4 is 5.73 Å². The van der Waals surface area contributed by atoms with Crippen LogP contribution in [-0.4, -0.2) is 10.9 Å². The molecule has 0 saturated carbocycles. The van der Waals surface area contributed by atoms with Crippen molar-refractivity contribution in [3.8, 4) is 0 Å². The summed E-state index contributed by atoms with van der Waals surface area (Å²) in [5, 5.41) is 1.32. The summed E-state index contributed by atoms with van der Waals surface area (Å²) in [7, 11) is 0. The molecule has 0 saturated heterocycles. The van der Waals surface area contributed by atoms with Crippen molar-refractivity contribution in [1.82, 2.24) is 4.98 Å². The van der Waals surface area contributed by atoms with Gasteiger partial charge in [-0.1, -0.05) is 29.8 Å². The summed E-state index contributed by atoms with van der Waals surface area (Å²) in [6.45, 7) is 1.97. The average Bonchev–Trinajstić information content (AvgIpc) is 2.20. The van der Waals surface area contributed by atoms with E-state index in [1.165, 1.54) is 0 Å². The van der Waals surface area contributed by atoms with E-state index in [0.717, 1.165) is 16.5 Å². The maximum absolute atomic E-state index is 10.9. The van der Waals surface area contributed by atoms with Crippen LogP contribution in [0.15, 0.2) is 24.3 Å². The number of primary amides is 1. The Hall–Kier alpha value is -1.61. The molecule has 1 aromatic carbocycles. The van der Waals surface area contributed by atoms with E-state index in [0.29, 0.717) is 10.7 Å². The third-order valence-corrected chi connectivity index (χ3v) is 2.77. The molecular formula is C12H11ClN2O. The number of carbonyl (C=O) groups is 1. The largest absolute Gasteiger partial charge is 0.369 e. The van der Waals surface area contributed by atoms with Gasteiger partial charge in [0.1, 0.15) is 5.15 Å². The molecule has 2 rings (SSSR count). The van der Waals surface area contributed by atoms with Gasteiger partial charge < -0.3 is 5.73 Å². The molecule has 1 aromatic heterocycles. The molecule has 82 valence electrons. The zero-order valence-electron chi connectivity index (χ0n) is 8.83. The van der Waals surface area contributed by atoms with Crippen molar-refractivity contribution in [2.24, 2.45) is 5.73 Å². The van der Waals surface area contributed by atoms with E-state index >= 15 is 0 Å². The molecule has 0 aliphatic heterocycles.